The zero-order valence-electron chi connectivity index (χ0n) is 10.9. The smallest absolute Gasteiger partial charge is 0.227 e. The molecule has 0 bridgehead atoms. The van der Waals surface area contributed by atoms with E-state index in [-0.39, 0.29) is 24.5 Å². The van der Waals surface area contributed by atoms with Crippen molar-refractivity contribution in [2.45, 2.75) is 44.6 Å². The molecule has 98 valence electrons. The van der Waals surface area contributed by atoms with Gasteiger partial charge in [-0.25, -0.2) is 0 Å². The number of hydrogen-bond acceptors (Lipinski definition) is 2. The first-order chi connectivity index (χ1) is 8.76. The molecule has 0 fully saturated rings. The zero-order chi connectivity index (χ0) is 13.0. The highest BCUT2D eigenvalue weighted by molar-refractivity contribution is 5.84. The van der Waals surface area contributed by atoms with E-state index in [4.69, 9.17) is 5.11 Å². The summed E-state index contributed by atoms with van der Waals surface area (Å²) in [5.41, 5.74) is 2.45. The lowest BCUT2D eigenvalue weighted by molar-refractivity contribution is -0.123. The number of aliphatic hydroxyl groups excluding tert-OH is 1. The number of carbonyl (C=O) groups is 1. The van der Waals surface area contributed by atoms with Crippen LogP contribution in [-0.4, -0.2) is 23.7 Å². The van der Waals surface area contributed by atoms with E-state index in [2.05, 4.69) is 17.4 Å². The molecule has 1 amide bonds. The fourth-order valence-electron chi connectivity index (χ4n) is 2.60. The third-order valence-corrected chi connectivity index (χ3v) is 3.75. The molecule has 2 atom stereocenters. The molecule has 2 N–H and O–H groups in total. The van der Waals surface area contributed by atoms with Gasteiger partial charge < -0.3 is 10.4 Å². The lowest BCUT2D eigenvalue weighted by atomic mass is 9.82. The molecule has 1 aromatic carbocycles. The summed E-state index contributed by atoms with van der Waals surface area (Å²) in [6, 6.07) is 8.07. The molecule has 0 spiro atoms. The molecule has 3 heteroatoms. The highest BCUT2D eigenvalue weighted by atomic mass is 16.3. The average molecular weight is 247 g/mol. The SMILES string of the molecule is CC[C@@H](CO)NC(=O)C1CCCc2ccccc21. The third kappa shape index (κ3) is 2.72. The Morgan fingerprint density at radius 1 is 1.50 bits per heavy atom. The van der Waals surface area contributed by atoms with Crippen molar-refractivity contribution >= 4 is 5.91 Å². The Kier molecular flexibility index (Phi) is 4.37. The monoisotopic (exact) mass is 247 g/mol. The van der Waals surface area contributed by atoms with Crippen LogP contribution in [0.4, 0.5) is 0 Å². The Labute approximate surface area is 108 Å². The Morgan fingerprint density at radius 2 is 2.28 bits per heavy atom. The van der Waals surface area contributed by atoms with E-state index in [1.807, 2.05) is 19.1 Å². The minimum absolute atomic E-state index is 0.0105. The summed E-state index contributed by atoms with van der Waals surface area (Å²) >= 11 is 0. The second-order valence-electron chi connectivity index (χ2n) is 4.94. The molecule has 0 saturated heterocycles. The maximum atomic E-state index is 12.3. The van der Waals surface area contributed by atoms with Crippen LogP contribution >= 0.6 is 0 Å². The maximum absolute atomic E-state index is 12.3. The van der Waals surface area contributed by atoms with Gasteiger partial charge in [-0.15, -0.1) is 0 Å². The molecule has 1 aliphatic rings. The maximum Gasteiger partial charge on any atom is 0.227 e. The second kappa shape index (κ2) is 6.01. The summed E-state index contributed by atoms with van der Waals surface area (Å²) < 4.78 is 0. The van der Waals surface area contributed by atoms with Crippen molar-refractivity contribution in [2.75, 3.05) is 6.61 Å². The van der Waals surface area contributed by atoms with Gasteiger partial charge in [-0.1, -0.05) is 31.2 Å². The molecular weight excluding hydrogens is 226 g/mol. The van der Waals surface area contributed by atoms with Crippen molar-refractivity contribution in [3.63, 3.8) is 0 Å². The molecule has 1 aromatic rings. The standard InChI is InChI=1S/C15H21NO2/c1-2-12(10-17)16-15(18)14-9-5-7-11-6-3-4-8-13(11)14/h3-4,6,8,12,14,17H,2,5,7,9-10H2,1H3,(H,16,18)/t12-,14?/m0/s1. The number of amides is 1. The van der Waals surface area contributed by atoms with Gasteiger partial charge in [0.2, 0.25) is 5.91 Å². The van der Waals surface area contributed by atoms with Crippen LogP contribution in [0.5, 0.6) is 0 Å². The van der Waals surface area contributed by atoms with E-state index >= 15 is 0 Å². The molecule has 1 unspecified atom stereocenters. The number of fused-ring (bicyclic) bond motifs is 1. The normalized spacial score (nSPS) is 20.0. The van der Waals surface area contributed by atoms with Crippen LogP contribution in [0.1, 0.15) is 43.2 Å². The molecular formula is C15H21NO2. The average Bonchev–Trinajstić information content (AvgIpc) is 2.43. The summed E-state index contributed by atoms with van der Waals surface area (Å²) in [4.78, 5) is 12.3. The fourth-order valence-corrected chi connectivity index (χ4v) is 2.60. The highest BCUT2D eigenvalue weighted by Gasteiger charge is 2.26. The van der Waals surface area contributed by atoms with E-state index in [0.717, 1.165) is 31.2 Å². The number of nitrogens with one attached hydrogen (secondary N) is 1. The van der Waals surface area contributed by atoms with Crippen LogP contribution in [0.3, 0.4) is 0 Å². The van der Waals surface area contributed by atoms with Gasteiger partial charge in [0.05, 0.1) is 18.6 Å². The summed E-state index contributed by atoms with van der Waals surface area (Å²) in [6.07, 6.45) is 3.80. The molecule has 0 radical (unpaired) electrons. The quantitative estimate of drug-likeness (QED) is 0.855. The van der Waals surface area contributed by atoms with Gasteiger partial charge in [0, 0.05) is 0 Å². The predicted octanol–water partition coefficient (Wildman–Crippen LogP) is 1.99. The number of hydrogen-bond donors (Lipinski definition) is 2. The van der Waals surface area contributed by atoms with E-state index in [9.17, 15) is 4.79 Å². The first-order valence-corrected chi connectivity index (χ1v) is 6.75. The molecule has 2 rings (SSSR count). The van der Waals surface area contributed by atoms with Gasteiger partial charge in [-0.2, -0.15) is 0 Å². The lowest BCUT2D eigenvalue weighted by Crippen LogP contribution is -2.40. The first kappa shape index (κ1) is 13.1. The number of aliphatic hydroxyl groups is 1. The van der Waals surface area contributed by atoms with Crippen LogP contribution < -0.4 is 5.32 Å². The molecule has 1 aliphatic carbocycles. The van der Waals surface area contributed by atoms with Gasteiger partial charge in [0.1, 0.15) is 0 Å². The van der Waals surface area contributed by atoms with Gasteiger partial charge in [-0.05, 0) is 36.8 Å². The summed E-state index contributed by atoms with van der Waals surface area (Å²) in [5.74, 6) is 0.0126. The molecule has 18 heavy (non-hydrogen) atoms. The minimum atomic E-state index is -0.119. The van der Waals surface area contributed by atoms with E-state index < -0.39 is 0 Å². The van der Waals surface area contributed by atoms with Crippen LogP contribution in [0.25, 0.3) is 0 Å². The number of rotatable bonds is 4. The molecule has 0 aromatic heterocycles. The van der Waals surface area contributed by atoms with Crippen molar-refractivity contribution in [3.05, 3.63) is 35.4 Å². The van der Waals surface area contributed by atoms with Crippen molar-refractivity contribution in [2.24, 2.45) is 0 Å². The Bertz CT molecular complexity index is 413. The number of aryl methyl sites for hydroxylation is 1. The number of carbonyl (C=O) groups excluding carboxylic acids is 1. The fraction of sp³-hybridized carbons (Fsp3) is 0.533. The first-order valence-electron chi connectivity index (χ1n) is 6.75. The topological polar surface area (TPSA) is 49.3 Å². The van der Waals surface area contributed by atoms with Gasteiger partial charge in [0.25, 0.3) is 0 Å². The molecule has 0 saturated carbocycles. The lowest BCUT2D eigenvalue weighted by Gasteiger charge is -2.26. The van der Waals surface area contributed by atoms with Crippen molar-refractivity contribution < 1.29 is 9.90 Å². The molecule has 0 heterocycles. The van der Waals surface area contributed by atoms with Crippen molar-refractivity contribution in [1.82, 2.24) is 5.32 Å². The van der Waals surface area contributed by atoms with Gasteiger partial charge >= 0.3 is 0 Å². The van der Waals surface area contributed by atoms with Crippen molar-refractivity contribution in [3.8, 4) is 0 Å². The van der Waals surface area contributed by atoms with Crippen molar-refractivity contribution in [1.29, 1.82) is 0 Å². The molecule has 3 nitrogen and oxygen atoms in total. The number of benzene rings is 1. The van der Waals surface area contributed by atoms with Gasteiger partial charge in [0.15, 0.2) is 0 Å². The van der Waals surface area contributed by atoms with Crippen LogP contribution in [-0.2, 0) is 11.2 Å². The Morgan fingerprint density at radius 3 is 3.00 bits per heavy atom. The second-order valence-corrected chi connectivity index (χ2v) is 4.94. The predicted molar refractivity (Wildman–Crippen MR) is 71.4 cm³/mol. The third-order valence-electron chi connectivity index (χ3n) is 3.75. The minimum Gasteiger partial charge on any atom is -0.394 e. The molecule has 0 aliphatic heterocycles. The van der Waals surface area contributed by atoms with Crippen LogP contribution in [0, 0.1) is 0 Å². The summed E-state index contributed by atoms with van der Waals surface area (Å²) in [7, 11) is 0. The highest BCUT2D eigenvalue weighted by Crippen LogP contribution is 2.31. The largest absolute Gasteiger partial charge is 0.394 e. The summed E-state index contributed by atoms with van der Waals surface area (Å²) in [5, 5.41) is 12.1. The Balaban J connectivity index is 2.12. The van der Waals surface area contributed by atoms with Gasteiger partial charge in [-0.3, -0.25) is 4.79 Å². The summed E-state index contributed by atoms with van der Waals surface area (Å²) in [6.45, 7) is 1.98. The van der Waals surface area contributed by atoms with E-state index in [1.54, 1.807) is 0 Å². The van der Waals surface area contributed by atoms with E-state index in [1.165, 1.54) is 5.56 Å². The van der Waals surface area contributed by atoms with Crippen LogP contribution in [0.2, 0.25) is 0 Å². The van der Waals surface area contributed by atoms with Crippen LogP contribution in [0.15, 0.2) is 24.3 Å². The Hall–Kier alpha value is -1.35. The van der Waals surface area contributed by atoms with E-state index in [0.29, 0.717) is 0 Å². The zero-order valence-corrected chi connectivity index (χ0v) is 10.9.